The van der Waals surface area contributed by atoms with Crippen LogP contribution in [-0.4, -0.2) is 26.1 Å². The SMILES string of the molecule is CC(C)CN1C(=S)N[C@@H](c2ccccn2)[C@@H]1c1ccn(-c2ccccc2)c1. The summed E-state index contributed by atoms with van der Waals surface area (Å²) in [5.74, 6) is 0.519. The Morgan fingerprint density at radius 2 is 1.85 bits per heavy atom. The Labute approximate surface area is 165 Å². The molecular weight excluding hydrogens is 352 g/mol. The van der Waals surface area contributed by atoms with Crippen molar-refractivity contribution in [2.24, 2.45) is 5.92 Å². The van der Waals surface area contributed by atoms with Crippen molar-refractivity contribution in [3.63, 3.8) is 0 Å². The number of benzene rings is 1. The van der Waals surface area contributed by atoms with Gasteiger partial charge in [0.2, 0.25) is 0 Å². The van der Waals surface area contributed by atoms with Gasteiger partial charge in [-0.1, -0.05) is 38.1 Å². The van der Waals surface area contributed by atoms with E-state index in [4.69, 9.17) is 12.2 Å². The maximum absolute atomic E-state index is 5.69. The summed E-state index contributed by atoms with van der Waals surface area (Å²) >= 11 is 5.69. The van der Waals surface area contributed by atoms with E-state index in [2.05, 4.69) is 82.4 Å². The van der Waals surface area contributed by atoms with Crippen molar-refractivity contribution in [1.29, 1.82) is 0 Å². The van der Waals surface area contributed by atoms with Crippen LogP contribution in [0.1, 0.15) is 37.2 Å². The molecule has 2 atom stereocenters. The smallest absolute Gasteiger partial charge is 0.170 e. The molecule has 1 aromatic carbocycles. The van der Waals surface area contributed by atoms with E-state index in [0.29, 0.717) is 5.92 Å². The molecule has 0 saturated carbocycles. The number of thiocarbonyl (C=S) groups is 1. The molecule has 0 amide bonds. The molecule has 4 rings (SSSR count). The number of pyridine rings is 1. The number of para-hydroxylation sites is 1. The van der Waals surface area contributed by atoms with Crippen LogP contribution in [0.25, 0.3) is 5.69 Å². The van der Waals surface area contributed by atoms with Crippen LogP contribution >= 0.6 is 12.2 Å². The number of nitrogens with zero attached hydrogens (tertiary/aromatic N) is 3. The molecular formula is C22H24N4S. The van der Waals surface area contributed by atoms with Gasteiger partial charge < -0.3 is 14.8 Å². The fourth-order valence-corrected chi connectivity index (χ4v) is 4.02. The van der Waals surface area contributed by atoms with E-state index >= 15 is 0 Å². The zero-order valence-electron chi connectivity index (χ0n) is 15.6. The maximum atomic E-state index is 5.69. The van der Waals surface area contributed by atoms with Crippen molar-refractivity contribution in [1.82, 2.24) is 19.8 Å². The molecule has 138 valence electrons. The molecule has 2 aromatic heterocycles. The highest BCUT2D eigenvalue weighted by atomic mass is 32.1. The maximum Gasteiger partial charge on any atom is 0.170 e. The standard InChI is InChI=1S/C22H24N4S/c1-16(2)14-26-21(20(24-22(26)27)19-10-6-7-12-23-19)17-11-13-25(15-17)18-8-4-3-5-9-18/h3-13,15-16,20-21H,14H2,1-2H3,(H,24,27)/t20-,21-/m0/s1. The normalized spacial score (nSPS) is 19.5. The molecule has 0 unspecified atom stereocenters. The highest BCUT2D eigenvalue weighted by Crippen LogP contribution is 2.39. The van der Waals surface area contributed by atoms with E-state index in [1.165, 1.54) is 5.56 Å². The fraction of sp³-hybridized carbons (Fsp3) is 0.273. The first-order valence-corrected chi connectivity index (χ1v) is 9.75. The Morgan fingerprint density at radius 3 is 2.56 bits per heavy atom. The van der Waals surface area contributed by atoms with Gasteiger partial charge in [0.25, 0.3) is 0 Å². The number of rotatable bonds is 5. The second kappa shape index (κ2) is 7.53. The molecule has 1 fully saturated rings. The fourth-order valence-electron chi connectivity index (χ4n) is 3.71. The van der Waals surface area contributed by atoms with Crippen LogP contribution in [-0.2, 0) is 0 Å². The third-order valence-corrected chi connectivity index (χ3v) is 5.22. The van der Waals surface area contributed by atoms with E-state index in [0.717, 1.165) is 23.0 Å². The second-order valence-corrected chi connectivity index (χ2v) is 7.75. The zero-order chi connectivity index (χ0) is 18.8. The van der Waals surface area contributed by atoms with Crippen molar-refractivity contribution >= 4 is 17.3 Å². The Bertz CT molecular complexity index is 904. The molecule has 1 N–H and O–H groups in total. The van der Waals surface area contributed by atoms with E-state index in [9.17, 15) is 0 Å². The Hall–Kier alpha value is -2.66. The first kappa shape index (κ1) is 17.7. The summed E-state index contributed by atoms with van der Waals surface area (Å²) in [5.41, 5.74) is 3.41. The van der Waals surface area contributed by atoms with Crippen molar-refractivity contribution in [3.8, 4) is 5.69 Å². The van der Waals surface area contributed by atoms with Gasteiger partial charge in [0.05, 0.1) is 17.8 Å². The summed E-state index contributed by atoms with van der Waals surface area (Å²) in [4.78, 5) is 6.90. The molecule has 3 heterocycles. The molecule has 0 bridgehead atoms. The van der Waals surface area contributed by atoms with Crippen LogP contribution in [0.2, 0.25) is 0 Å². The van der Waals surface area contributed by atoms with Crippen LogP contribution in [0.3, 0.4) is 0 Å². The topological polar surface area (TPSA) is 33.1 Å². The molecule has 0 radical (unpaired) electrons. The summed E-state index contributed by atoms with van der Waals surface area (Å²) in [6, 6.07) is 18.8. The van der Waals surface area contributed by atoms with Gasteiger partial charge in [-0.15, -0.1) is 0 Å². The van der Waals surface area contributed by atoms with E-state index < -0.39 is 0 Å². The molecule has 3 aromatic rings. The average Bonchev–Trinajstić information content (AvgIpc) is 3.28. The predicted molar refractivity (Wildman–Crippen MR) is 113 cm³/mol. The van der Waals surface area contributed by atoms with Gasteiger partial charge in [-0.05, 0) is 54.0 Å². The lowest BCUT2D eigenvalue weighted by Crippen LogP contribution is -2.32. The van der Waals surface area contributed by atoms with Crippen molar-refractivity contribution in [3.05, 3.63) is 84.4 Å². The van der Waals surface area contributed by atoms with Crippen LogP contribution in [0.4, 0.5) is 0 Å². The number of hydrogen-bond acceptors (Lipinski definition) is 2. The van der Waals surface area contributed by atoms with Gasteiger partial charge in [-0.25, -0.2) is 0 Å². The summed E-state index contributed by atoms with van der Waals surface area (Å²) in [7, 11) is 0. The predicted octanol–water partition coefficient (Wildman–Crippen LogP) is 4.50. The van der Waals surface area contributed by atoms with Gasteiger partial charge in [-0.3, -0.25) is 4.98 Å². The molecule has 0 aliphatic carbocycles. The average molecular weight is 377 g/mol. The quantitative estimate of drug-likeness (QED) is 0.665. The highest BCUT2D eigenvalue weighted by Gasteiger charge is 2.40. The monoisotopic (exact) mass is 376 g/mol. The van der Waals surface area contributed by atoms with E-state index in [1.54, 1.807) is 0 Å². The van der Waals surface area contributed by atoms with Gasteiger partial charge in [0.15, 0.2) is 5.11 Å². The summed E-state index contributed by atoms with van der Waals surface area (Å²) < 4.78 is 2.17. The molecule has 4 nitrogen and oxygen atoms in total. The van der Waals surface area contributed by atoms with Crippen molar-refractivity contribution in [2.45, 2.75) is 25.9 Å². The molecule has 1 saturated heterocycles. The molecule has 27 heavy (non-hydrogen) atoms. The first-order chi connectivity index (χ1) is 13.1. The Balaban J connectivity index is 1.73. The lowest BCUT2D eigenvalue weighted by atomic mass is 9.98. The van der Waals surface area contributed by atoms with Gasteiger partial charge >= 0.3 is 0 Å². The number of hydrogen-bond donors (Lipinski definition) is 1. The summed E-state index contributed by atoms with van der Waals surface area (Å²) in [6.45, 7) is 5.36. The minimum atomic E-state index is 0.0454. The molecule has 5 heteroatoms. The molecule has 1 aliphatic heterocycles. The van der Waals surface area contributed by atoms with Gasteiger partial charge in [-0.2, -0.15) is 0 Å². The minimum Gasteiger partial charge on any atom is -0.352 e. The van der Waals surface area contributed by atoms with Crippen LogP contribution in [0.5, 0.6) is 0 Å². The van der Waals surface area contributed by atoms with Gasteiger partial charge in [0.1, 0.15) is 0 Å². The Kier molecular flexibility index (Phi) is 4.94. The van der Waals surface area contributed by atoms with Crippen LogP contribution < -0.4 is 5.32 Å². The Morgan fingerprint density at radius 1 is 1.07 bits per heavy atom. The third-order valence-electron chi connectivity index (χ3n) is 4.87. The minimum absolute atomic E-state index is 0.0454. The zero-order valence-corrected chi connectivity index (χ0v) is 16.4. The summed E-state index contributed by atoms with van der Waals surface area (Å²) in [5, 5.41) is 4.31. The largest absolute Gasteiger partial charge is 0.352 e. The van der Waals surface area contributed by atoms with Crippen LogP contribution in [0, 0.1) is 5.92 Å². The summed E-state index contributed by atoms with van der Waals surface area (Å²) in [6.07, 6.45) is 6.17. The lowest BCUT2D eigenvalue weighted by Gasteiger charge is -2.28. The van der Waals surface area contributed by atoms with E-state index in [-0.39, 0.29) is 12.1 Å². The van der Waals surface area contributed by atoms with Crippen molar-refractivity contribution < 1.29 is 0 Å². The van der Waals surface area contributed by atoms with E-state index in [1.807, 2.05) is 24.4 Å². The van der Waals surface area contributed by atoms with Gasteiger partial charge in [0, 0.05) is 30.8 Å². The number of aromatic nitrogens is 2. The second-order valence-electron chi connectivity index (χ2n) is 7.36. The third kappa shape index (κ3) is 3.60. The lowest BCUT2D eigenvalue weighted by molar-refractivity contribution is 0.288. The highest BCUT2D eigenvalue weighted by molar-refractivity contribution is 7.80. The molecule has 0 spiro atoms. The van der Waals surface area contributed by atoms with Crippen LogP contribution in [0.15, 0.2) is 73.2 Å². The molecule has 1 aliphatic rings. The van der Waals surface area contributed by atoms with Crippen molar-refractivity contribution in [2.75, 3.05) is 6.54 Å². The first-order valence-electron chi connectivity index (χ1n) is 9.35. The number of nitrogens with one attached hydrogen (secondary N) is 1.